The summed E-state index contributed by atoms with van der Waals surface area (Å²) in [6.45, 7) is 0.205. The lowest BCUT2D eigenvalue weighted by molar-refractivity contribution is -0.385. The third kappa shape index (κ3) is 2.29. The maximum absolute atomic E-state index is 10.5. The van der Waals surface area contributed by atoms with Gasteiger partial charge in [0.2, 0.25) is 0 Å². The molecule has 1 aromatic rings. The fourth-order valence-corrected chi connectivity index (χ4v) is 1.74. The van der Waals surface area contributed by atoms with Crippen molar-refractivity contribution in [2.45, 2.75) is 6.54 Å². The molecule has 2 N–H and O–H groups in total. The molecule has 6 heteroatoms. The summed E-state index contributed by atoms with van der Waals surface area (Å²) < 4.78 is 0.647. The Morgan fingerprint density at radius 3 is 2.69 bits per heavy atom. The van der Waals surface area contributed by atoms with Gasteiger partial charge < -0.3 is 5.73 Å². The second-order valence-corrected chi connectivity index (χ2v) is 3.90. The molecule has 1 aromatic carbocycles. The van der Waals surface area contributed by atoms with Crippen LogP contribution in [0.15, 0.2) is 12.1 Å². The summed E-state index contributed by atoms with van der Waals surface area (Å²) in [6.07, 6.45) is 0. The molecule has 0 spiro atoms. The van der Waals surface area contributed by atoms with E-state index in [2.05, 4.69) is 0 Å². The zero-order valence-electron chi connectivity index (χ0n) is 6.46. The minimum atomic E-state index is -0.461. The molecule has 0 aromatic heterocycles. The lowest BCUT2D eigenvalue weighted by Crippen LogP contribution is -2.00. The fraction of sp³-hybridized carbons (Fsp3) is 0.143. The van der Waals surface area contributed by atoms with E-state index in [1.54, 1.807) is 0 Å². The molecule has 0 aliphatic heterocycles. The van der Waals surface area contributed by atoms with Crippen LogP contribution in [0.2, 0.25) is 5.02 Å². The summed E-state index contributed by atoms with van der Waals surface area (Å²) in [7, 11) is 0. The lowest BCUT2D eigenvalue weighted by atomic mass is 10.2. The van der Waals surface area contributed by atoms with Gasteiger partial charge in [-0.3, -0.25) is 10.1 Å². The van der Waals surface area contributed by atoms with Crippen LogP contribution in [0.1, 0.15) is 5.56 Å². The van der Waals surface area contributed by atoms with E-state index in [0.29, 0.717) is 14.2 Å². The molecule has 13 heavy (non-hydrogen) atoms. The summed E-state index contributed by atoms with van der Waals surface area (Å²) >= 11 is 7.80. The van der Waals surface area contributed by atoms with Crippen molar-refractivity contribution in [1.29, 1.82) is 0 Å². The minimum absolute atomic E-state index is 0.0225. The fourth-order valence-electron chi connectivity index (χ4n) is 0.884. The first kappa shape index (κ1) is 10.7. The van der Waals surface area contributed by atoms with Crippen LogP contribution in [0.5, 0.6) is 0 Å². The maximum atomic E-state index is 10.5. The van der Waals surface area contributed by atoms with Crippen molar-refractivity contribution in [3.63, 3.8) is 0 Å². The van der Waals surface area contributed by atoms with E-state index >= 15 is 0 Å². The van der Waals surface area contributed by atoms with Crippen LogP contribution >= 0.6 is 34.2 Å². The summed E-state index contributed by atoms with van der Waals surface area (Å²) in [5, 5.41) is 10.9. The first-order chi connectivity index (χ1) is 6.06. The molecule has 0 aliphatic rings. The van der Waals surface area contributed by atoms with E-state index in [9.17, 15) is 10.1 Å². The molecule has 0 amide bonds. The molecule has 4 nitrogen and oxygen atoms in total. The first-order valence-corrected chi connectivity index (χ1v) is 4.84. The van der Waals surface area contributed by atoms with Gasteiger partial charge >= 0.3 is 0 Å². The van der Waals surface area contributed by atoms with Crippen LogP contribution < -0.4 is 5.73 Å². The summed E-state index contributed by atoms with van der Waals surface area (Å²) in [5.74, 6) is 0. The molecule has 0 fully saturated rings. The van der Waals surface area contributed by atoms with Crippen LogP contribution in [0.3, 0.4) is 0 Å². The second-order valence-electron chi connectivity index (χ2n) is 2.36. The maximum Gasteiger partial charge on any atom is 0.270 e. The molecular formula is C7H6ClIN2O2. The predicted molar refractivity (Wildman–Crippen MR) is 58.7 cm³/mol. The monoisotopic (exact) mass is 312 g/mol. The summed E-state index contributed by atoms with van der Waals surface area (Å²) in [5.41, 5.74) is 6.00. The van der Waals surface area contributed by atoms with Gasteiger partial charge in [-0.25, -0.2) is 0 Å². The number of hydrogen-bond donors (Lipinski definition) is 1. The van der Waals surface area contributed by atoms with Gasteiger partial charge in [-0.1, -0.05) is 11.6 Å². The van der Waals surface area contributed by atoms with Crippen molar-refractivity contribution in [1.82, 2.24) is 0 Å². The van der Waals surface area contributed by atoms with Crippen LogP contribution in [0.25, 0.3) is 0 Å². The molecule has 0 unspecified atom stereocenters. The van der Waals surface area contributed by atoms with Gasteiger partial charge in [-0.05, 0) is 28.2 Å². The third-order valence-electron chi connectivity index (χ3n) is 1.52. The average molecular weight is 312 g/mol. The van der Waals surface area contributed by atoms with Crippen molar-refractivity contribution in [2.75, 3.05) is 0 Å². The zero-order valence-corrected chi connectivity index (χ0v) is 9.37. The van der Waals surface area contributed by atoms with Gasteiger partial charge in [0, 0.05) is 22.2 Å². The van der Waals surface area contributed by atoms with Crippen LogP contribution in [-0.4, -0.2) is 4.92 Å². The average Bonchev–Trinajstić information content (AvgIpc) is 2.09. The number of hydrogen-bond acceptors (Lipinski definition) is 3. The molecule has 1 rings (SSSR count). The highest BCUT2D eigenvalue weighted by atomic mass is 127. The number of nitro benzene ring substituents is 1. The molecule has 0 aliphatic carbocycles. The Kier molecular flexibility index (Phi) is 3.46. The number of nitro groups is 1. The largest absolute Gasteiger partial charge is 0.326 e. The van der Waals surface area contributed by atoms with Gasteiger partial charge in [0.25, 0.3) is 5.69 Å². The van der Waals surface area contributed by atoms with E-state index in [1.165, 1.54) is 12.1 Å². The Balaban J connectivity index is 3.30. The predicted octanol–water partition coefficient (Wildman–Crippen LogP) is 2.31. The van der Waals surface area contributed by atoms with Gasteiger partial charge in [-0.2, -0.15) is 0 Å². The van der Waals surface area contributed by atoms with Crippen molar-refractivity contribution >= 4 is 39.9 Å². The van der Waals surface area contributed by atoms with Crippen LogP contribution in [0.4, 0.5) is 5.69 Å². The second kappa shape index (κ2) is 4.21. The first-order valence-electron chi connectivity index (χ1n) is 3.38. The number of halogens is 2. The van der Waals surface area contributed by atoms with Crippen molar-refractivity contribution < 1.29 is 4.92 Å². The van der Waals surface area contributed by atoms with Crippen LogP contribution in [-0.2, 0) is 6.54 Å². The van der Waals surface area contributed by atoms with E-state index in [-0.39, 0.29) is 12.2 Å². The molecule has 0 heterocycles. The Morgan fingerprint density at radius 2 is 2.23 bits per heavy atom. The summed E-state index contributed by atoms with van der Waals surface area (Å²) in [6, 6.07) is 2.81. The van der Waals surface area contributed by atoms with E-state index in [1.807, 2.05) is 22.6 Å². The quantitative estimate of drug-likeness (QED) is 0.517. The molecular weight excluding hydrogens is 306 g/mol. The number of benzene rings is 1. The minimum Gasteiger partial charge on any atom is -0.326 e. The normalized spacial score (nSPS) is 10.1. The standard InChI is InChI=1S/C7H6ClIN2O2/c8-7-4(3-10)1-5(11(12)13)2-6(7)9/h1-2H,3,10H2. The van der Waals surface area contributed by atoms with Gasteiger partial charge in [0.05, 0.1) is 9.95 Å². The third-order valence-corrected chi connectivity index (χ3v) is 3.14. The van der Waals surface area contributed by atoms with E-state index < -0.39 is 4.92 Å². The van der Waals surface area contributed by atoms with Gasteiger partial charge in [0.15, 0.2) is 0 Å². The number of non-ortho nitro benzene ring substituents is 1. The lowest BCUT2D eigenvalue weighted by Gasteiger charge is -2.02. The Bertz CT molecular complexity index is 357. The highest BCUT2D eigenvalue weighted by Gasteiger charge is 2.12. The smallest absolute Gasteiger partial charge is 0.270 e. The molecule has 70 valence electrons. The number of nitrogens with two attached hydrogens (primary N) is 1. The molecule has 0 bridgehead atoms. The summed E-state index contributed by atoms with van der Waals surface area (Å²) in [4.78, 5) is 9.99. The molecule has 0 saturated heterocycles. The number of nitrogens with zero attached hydrogens (tertiary/aromatic N) is 1. The molecule has 0 saturated carbocycles. The number of rotatable bonds is 2. The van der Waals surface area contributed by atoms with Gasteiger partial charge in [-0.15, -0.1) is 0 Å². The highest BCUT2D eigenvalue weighted by Crippen LogP contribution is 2.27. The van der Waals surface area contributed by atoms with Crippen molar-refractivity contribution in [3.8, 4) is 0 Å². The molecule has 0 radical (unpaired) electrons. The van der Waals surface area contributed by atoms with Gasteiger partial charge in [0.1, 0.15) is 0 Å². The molecule has 0 atom stereocenters. The topological polar surface area (TPSA) is 69.2 Å². The highest BCUT2D eigenvalue weighted by molar-refractivity contribution is 14.1. The SMILES string of the molecule is NCc1cc([N+](=O)[O-])cc(I)c1Cl. The van der Waals surface area contributed by atoms with E-state index in [4.69, 9.17) is 17.3 Å². The zero-order chi connectivity index (χ0) is 10.0. The van der Waals surface area contributed by atoms with Crippen molar-refractivity contribution in [3.05, 3.63) is 36.4 Å². The Labute approximate surface area is 93.4 Å². The Morgan fingerprint density at radius 1 is 1.62 bits per heavy atom. The Hall–Kier alpha value is -0.400. The van der Waals surface area contributed by atoms with Crippen molar-refractivity contribution in [2.24, 2.45) is 5.73 Å². The van der Waals surface area contributed by atoms with E-state index in [0.717, 1.165) is 0 Å². The van der Waals surface area contributed by atoms with Crippen LogP contribution in [0, 0.1) is 13.7 Å².